The van der Waals surface area contributed by atoms with E-state index < -0.39 is 6.10 Å². The van der Waals surface area contributed by atoms with Gasteiger partial charge in [-0.2, -0.15) is 0 Å². The van der Waals surface area contributed by atoms with E-state index in [0.29, 0.717) is 19.3 Å². The van der Waals surface area contributed by atoms with Crippen LogP contribution in [0.4, 0.5) is 0 Å². The largest absolute Gasteiger partial charge is 0.462 e. The number of ether oxygens (including phenoxy) is 3. The summed E-state index contributed by atoms with van der Waals surface area (Å²) in [5.74, 6) is 0.846. The van der Waals surface area contributed by atoms with Crippen LogP contribution in [0, 0.1) is 11.8 Å². The van der Waals surface area contributed by atoms with Crippen molar-refractivity contribution in [3.63, 3.8) is 0 Å². The monoisotopic (exact) mass is 863 g/mol. The first-order chi connectivity index (χ1) is 29.7. The maximum absolute atomic E-state index is 12.8. The van der Waals surface area contributed by atoms with Gasteiger partial charge in [0.2, 0.25) is 0 Å². The molecule has 0 aromatic heterocycles. The minimum Gasteiger partial charge on any atom is -0.462 e. The molecule has 0 bridgehead atoms. The molecule has 0 aliphatic heterocycles. The van der Waals surface area contributed by atoms with E-state index in [2.05, 4.69) is 34.6 Å². The molecular weight excluding hydrogens is 757 g/mol. The number of esters is 3. The second kappa shape index (κ2) is 47.9. The van der Waals surface area contributed by atoms with Gasteiger partial charge in [0.25, 0.3) is 0 Å². The van der Waals surface area contributed by atoms with Crippen LogP contribution < -0.4 is 0 Å². The van der Waals surface area contributed by atoms with Crippen LogP contribution in [0.2, 0.25) is 0 Å². The molecule has 0 heterocycles. The molecular formula is C55H106O6. The molecule has 0 saturated heterocycles. The van der Waals surface area contributed by atoms with Crippen LogP contribution in [-0.2, 0) is 28.6 Å². The zero-order valence-electron chi connectivity index (χ0n) is 41.8. The van der Waals surface area contributed by atoms with Crippen molar-refractivity contribution >= 4 is 17.9 Å². The summed E-state index contributed by atoms with van der Waals surface area (Å²) in [6.45, 7) is 11.3. The molecule has 0 unspecified atom stereocenters. The van der Waals surface area contributed by atoms with Crippen LogP contribution in [0.25, 0.3) is 0 Å². The third-order valence-electron chi connectivity index (χ3n) is 12.5. The number of hydrogen-bond acceptors (Lipinski definition) is 6. The maximum atomic E-state index is 12.8. The first-order valence-corrected chi connectivity index (χ1v) is 27.2. The minimum atomic E-state index is -0.760. The average Bonchev–Trinajstić information content (AvgIpc) is 3.23. The third kappa shape index (κ3) is 49.3. The van der Waals surface area contributed by atoms with E-state index in [1.54, 1.807) is 0 Å². The van der Waals surface area contributed by atoms with E-state index in [1.165, 1.54) is 186 Å². The second-order valence-electron chi connectivity index (χ2n) is 19.8. The lowest BCUT2D eigenvalue weighted by molar-refractivity contribution is -0.167. The molecule has 0 saturated carbocycles. The maximum Gasteiger partial charge on any atom is 0.306 e. The second-order valence-corrected chi connectivity index (χ2v) is 19.8. The van der Waals surface area contributed by atoms with Gasteiger partial charge in [0.1, 0.15) is 13.2 Å². The first kappa shape index (κ1) is 59.4. The van der Waals surface area contributed by atoms with E-state index in [-0.39, 0.29) is 31.1 Å². The molecule has 6 nitrogen and oxygen atoms in total. The Morgan fingerprint density at radius 3 is 0.803 bits per heavy atom. The van der Waals surface area contributed by atoms with Crippen LogP contribution in [-0.4, -0.2) is 37.2 Å². The smallest absolute Gasteiger partial charge is 0.306 e. The number of unbranched alkanes of at least 4 members (excludes halogenated alkanes) is 34. The number of carbonyl (C=O) groups is 3. The van der Waals surface area contributed by atoms with Gasteiger partial charge in [-0.15, -0.1) is 0 Å². The molecule has 0 aliphatic carbocycles. The van der Waals surface area contributed by atoms with Crippen LogP contribution in [0.15, 0.2) is 0 Å². The topological polar surface area (TPSA) is 78.9 Å². The van der Waals surface area contributed by atoms with Gasteiger partial charge < -0.3 is 14.2 Å². The Kier molecular flexibility index (Phi) is 46.6. The lowest BCUT2D eigenvalue weighted by Crippen LogP contribution is -2.30. The SMILES string of the molecule is CCCCCCCC(=O)OC[C@@H](COC(=O)CCCCCCCCCCCCCCCCCCC(C)C)OC(=O)CCCCCCCCCCCCCCCCCCC(C)C. The van der Waals surface area contributed by atoms with Crippen LogP contribution in [0.5, 0.6) is 0 Å². The summed E-state index contributed by atoms with van der Waals surface area (Å²) in [6.07, 6.45) is 49.9. The fourth-order valence-corrected chi connectivity index (χ4v) is 8.34. The summed E-state index contributed by atoms with van der Waals surface area (Å²) in [5, 5.41) is 0. The highest BCUT2D eigenvalue weighted by Crippen LogP contribution is 2.18. The van der Waals surface area contributed by atoms with Gasteiger partial charge in [-0.05, 0) is 31.1 Å². The highest BCUT2D eigenvalue weighted by atomic mass is 16.6. The Hall–Kier alpha value is -1.59. The van der Waals surface area contributed by atoms with Gasteiger partial charge in [0.05, 0.1) is 0 Å². The van der Waals surface area contributed by atoms with Crippen LogP contribution in [0.1, 0.15) is 304 Å². The number of hydrogen-bond donors (Lipinski definition) is 0. The van der Waals surface area contributed by atoms with E-state index >= 15 is 0 Å². The molecule has 6 heteroatoms. The van der Waals surface area contributed by atoms with Crippen molar-refractivity contribution < 1.29 is 28.6 Å². The van der Waals surface area contributed by atoms with E-state index in [4.69, 9.17) is 14.2 Å². The van der Waals surface area contributed by atoms with E-state index in [1.807, 2.05) is 0 Å². The van der Waals surface area contributed by atoms with Crippen LogP contribution >= 0.6 is 0 Å². The van der Waals surface area contributed by atoms with Crippen molar-refractivity contribution in [2.24, 2.45) is 11.8 Å². The van der Waals surface area contributed by atoms with Crippen molar-refractivity contribution in [3.8, 4) is 0 Å². The molecule has 1 atom stereocenters. The lowest BCUT2D eigenvalue weighted by atomic mass is 10.0. The van der Waals surface area contributed by atoms with E-state index in [0.717, 1.165) is 76.0 Å². The summed E-state index contributed by atoms with van der Waals surface area (Å²) >= 11 is 0. The Morgan fingerprint density at radius 2 is 0.541 bits per heavy atom. The standard InChI is InChI=1S/C55H106O6/c1-6-7-8-33-40-45-53(56)59-48-52(61-55(58)47-42-37-32-28-24-20-16-12-10-14-18-22-26-30-35-39-44-51(4)5)49-60-54(57)46-41-36-31-27-23-19-15-11-9-13-17-21-25-29-34-38-43-50(2)3/h50-52H,6-49H2,1-5H3/t52-/m0/s1. The van der Waals surface area contributed by atoms with E-state index in [9.17, 15) is 14.4 Å². The summed E-state index contributed by atoms with van der Waals surface area (Å²) in [6, 6.07) is 0. The molecule has 0 rings (SSSR count). The van der Waals surface area contributed by atoms with Crippen molar-refractivity contribution in [2.75, 3.05) is 13.2 Å². The lowest BCUT2D eigenvalue weighted by Gasteiger charge is -2.18. The molecule has 0 radical (unpaired) electrons. The first-order valence-electron chi connectivity index (χ1n) is 27.2. The minimum absolute atomic E-state index is 0.0641. The highest BCUT2D eigenvalue weighted by molar-refractivity contribution is 5.71. The third-order valence-corrected chi connectivity index (χ3v) is 12.5. The Morgan fingerprint density at radius 1 is 0.311 bits per heavy atom. The Balaban J connectivity index is 4.07. The van der Waals surface area contributed by atoms with Gasteiger partial charge in [0, 0.05) is 19.3 Å². The molecule has 0 N–H and O–H groups in total. The van der Waals surface area contributed by atoms with Gasteiger partial charge in [-0.1, -0.05) is 266 Å². The number of rotatable bonds is 49. The van der Waals surface area contributed by atoms with Crippen molar-refractivity contribution in [1.29, 1.82) is 0 Å². The van der Waals surface area contributed by atoms with Crippen molar-refractivity contribution in [1.82, 2.24) is 0 Å². The zero-order chi connectivity index (χ0) is 44.7. The molecule has 0 aromatic rings. The molecule has 0 aliphatic rings. The quantitative estimate of drug-likeness (QED) is 0.0344. The molecule has 0 aromatic carbocycles. The summed E-state index contributed by atoms with van der Waals surface area (Å²) in [7, 11) is 0. The van der Waals surface area contributed by atoms with Gasteiger partial charge in [-0.25, -0.2) is 0 Å². The summed E-state index contributed by atoms with van der Waals surface area (Å²) in [5.41, 5.74) is 0. The molecule has 61 heavy (non-hydrogen) atoms. The summed E-state index contributed by atoms with van der Waals surface area (Å²) < 4.78 is 16.7. The predicted molar refractivity (Wildman–Crippen MR) is 261 cm³/mol. The number of carbonyl (C=O) groups excluding carboxylic acids is 3. The molecule has 0 amide bonds. The van der Waals surface area contributed by atoms with Gasteiger partial charge >= 0.3 is 17.9 Å². The predicted octanol–water partition coefficient (Wildman–Crippen LogP) is 17.7. The Labute approximate surface area is 380 Å². The fourth-order valence-electron chi connectivity index (χ4n) is 8.34. The Bertz CT molecular complexity index is 931. The molecule has 362 valence electrons. The average molecular weight is 863 g/mol. The fraction of sp³-hybridized carbons (Fsp3) is 0.945. The van der Waals surface area contributed by atoms with Gasteiger partial charge in [-0.3, -0.25) is 14.4 Å². The zero-order valence-corrected chi connectivity index (χ0v) is 41.8. The molecule has 0 spiro atoms. The van der Waals surface area contributed by atoms with Crippen LogP contribution in [0.3, 0.4) is 0 Å². The summed E-state index contributed by atoms with van der Waals surface area (Å²) in [4.78, 5) is 37.7. The molecule has 0 fully saturated rings. The normalized spacial score (nSPS) is 12.0. The van der Waals surface area contributed by atoms with Crippen molar-refractivity contribution in [3.05, 3.63) is 0 Å². The van der Waals surface area contributed by atoms with Crippen molar-refractivity contribution in [2.45, 2.75) is 310 Å². The highest BCUT2D eigenvalue weighted by Gasteiger charge is 2.19. The van der Waals surface area contributed by atoms with Gasteiger partial charge in [0.15, 0.2) is 6.10 Å².